The van der Waals surface area contributed by atoms with Crippen molar-refractivity contribution in [2.75, 3.05) is 6.61 Å². The van der Waals surface area contributed by atoms with Gasteiger partial charge in [0.05, 0.1) is 6.61 Å². The van der Waals surface area contributed by atoms with Crippen molar-refractivity contribution in [3.63, 3.8) is 0 Å². The SMILES string of the molecule is CC(C)[C@H](N)C(=O)O.O=C[C@H](O)[C@@H](O)[C@H](O)CO. The van der Waals surface area contributed by atoms with Gasteiger partial charge in [0, 0.05) is 0 Å². The van der Waals surface area contributed by atoms with Gasteiger partial charge in [-0.2, -0.15) is 0 Å². The molecule has 0 saturated carbocycles. The molecule has 18 heavy (non-hydrogen) atoms. The molecule has 4 atom stereocenters. The molecule has 0 fully saturated rings. The predicted molar refractivity (Wildman–Crippen MR) is 61.6 cm³/mol. The molecule has 108 valence electrons. The van der Waals surface area contributed by atoms with E-state index in [1.807, 2.05) is 0 Å². The van der Waals surface area contributed by atoms with Crippen LogP contribution in [0.4, 0.5) is 0 Å². The van der Waals surface area contributed by atoms with E-state index in [4.69, 9.17) is 31.3 Å². The lowest BCUT2D eigenvalue weighted by atomic mass is 10.1. The van der Waals surface area contributed by atoms with Gasteiger partial charge in [-0.1, -0.05) is 13.8 Å². The van der Waals surface area contributed by atoms with Crippen LogP contribution in [0.1, 0.15) is 13.8 Å². The lowest BCUT2D eigenvalue weighted by Crippen LogP contribution is -2.40. The quantitative estimate of drug-likeness (QED) is 0.283. The van der Waals surface area contributed by atoms with Gasteiger partial charge in [0.25, 0.3) is 0 Å². The normalized spacial score (nSPS) is 17.1. The number of carbonyl (C=O) groups excluding carboxylic acids is 1. The fourth-order valence-corrected chi connectivity index (χ4v) is 0.701. The molecule has 0 aliphatic rings. The molecular weight excluding hydrogens is 246 g/mol. The Labute approximate surface area is 105 Å². The summed E-state index contributed by atoms with van der Waals surface area (Å²) in [5.74, 6) is -0.910. The first-order valence-electron chi connectivity index (χ1n) is 5.27. The fourth-order valence-electron chi connectivity index (χ4n) is 0.701. The number of carboxylic acids is 1. The average molecular weight is 267 g/mol. The summed E-state index contributed by atoms with van der Waals surface area (Å²) in [5, 5.41) is 42.3. The number of hydrogen-bond donors (Lipinski definition) is 6. The third-order valence-corrected chi connectivity index (χ3v) is 2.07. The van der Waals surface area contributed by atoms with Crippen LogP contribution in [0.25, 0.3) is 0 Å². The summed E-state index contributed by atoms with van der Waals surface area (Å²) in [6.45, 7) is 2.86. The van der Waals surface area contributed by atoms with Crippen LogP contribution in [0, 0.1) is 5.92 Å². The standard InChI is InChI=1S/C5H11NO2.C5H10O5/c1-3(2)4(6)5(7)8;6-1-3(8)5(10)4(9)2-7/h3-4H,6H2,1-2H3,(H,7,8);1,3-5,7-10H,2H2/t4-;3-,4+,5+/m00/s1. The maximum Gasteiger partial charge on any atom is 0.320 e. The molecule has 0 rings (SSSR count). The van der Waals surface area contributed by atoms with Gasteiger partial charge in [-0.3, -0.25) is 4.79 Å². The number of aliphatic hydroxyl groups excluding tert-OH is 4. The minimum Gasteiger partial charge on any atom is -0.480 e. The Kier molecular flexibility index (Phi) is 10.6. The number of nitrogens with two attached hydrogens (primary N) is 1. The molecule has 0 heterocycles. The second-order valence-electron chi connectivity index (χ2n) is 3.98. The molecule has 8 nitrogen and oxygen atoms in total. The summed E-state index contributed by atoms with van der Waals surface area (Å²) in [6, 6.07) is -0.713. The van der Waals surface area contributed by atoms with Crippen LogP contribution in [-0.2, 0) is 9.59 Å². The molecule has 0 aliphatic heterocycles. The number of aldehydes is 1. The van der Waals surface area contributed by atoms with Gasteiger partial charge in [-0.05, 0) is 5.92 Å². The van der Waals surface area contributed by atoms with Gasteiger partial charge >= 0.3 is 5.97 Å². The molecule has 0 aromatic rings. The number of carbonyl (C=O) groups is 2. The lowest BCUT2D eigenvalue weighted by molar-refractivity contribution is -0.139. The summed E-state index contributed by atoms with van der Waals surface area (Å²) in [4.78, 5) is 19.8. The van der Waals surface area contributed by atoms with E-state index in [9.17, 15) is 9.59 Å². The van der Waals surface area contributed by atoms with Crippen molar-refractivity contribution in [2.45, 2.75) is 38.2 Å². The molecule has 8 heteroatoms. The van der Waals surface area contributed by atoms with Crippen LogP contribution in [0.2, 0.25) is 0 Å². The first-order valence-corrected chi connectivity index (χ1v) is 5.27. The minimum absolute atomic E-state index is 0.0208. The van der Waals surface area contributed by atoms with Crippen molar-refractivity contribution in [1.82, 2.24) is 0 Å². The van der Waals surface area contributed by atoms with E-state index in [2.05, 4.69) is 0 Å². The molecular formula is C10H21NO7. The molecule has 0 bridgehead atoms. The van der Waals surface area contributed by atoms with E-state index in [0.29, 0.717) is 0 Å². The van der Waals surface area contributed by atoms with Crippen molar-refractivity contribution in [3.8, 4) is 0 Å². The van der Waals surface area contributed by atoms with Crippen molar-refractivity contribution < 1.29 is 35.1 Å². The summed E-state index contributed by atoms with van der Waals surface area (Å²) in [7, 11) is 0. The van der Waals surface area contributed by atoms with Crippen molar-refractivity contribution in [3.05, 3.63) is 0 Å². The van der Waals surface area contributed by atoms with Gasteiger partial charge in [-0.15, -0.1) is 0 Å². The molecule has 0 aromatic heterocycles. The molecule has 0 amide bonds. The third kappa shape index (κ3) is 8.09. The Hall–Kier alpha value is -1.06. The smallest absolute Gasteiger partial charge is 0.320 e. The molecule has 0 aromatic carbocycles. The highest BCUT2D eigenvalue weighted by molar-refractivity contribution is 5.73. The molecule has 0 aliphatic carbocycles. The first kappa shape index (κ1) is 19.3. The monoisotopic (exact) mass is 267 g/mol. The van der Waals surface area contributed by atoms with Crippen molar-refractivity contribution >= 4 is 12.3 Å². The highest BCUT2D eigenvalue weighted by Gasteiger charge is 2.22. The molecule has 0 unspecified atom stereocenters. The predicted octanol–water partition coefficient (Wildman–Crippen LogP) is -2.69. The summed E-state index contributed by atoms with van der Waals surface area (Å²) in [5.41, 5.74) is 5.16. The van der Waals surface area contributed by atoms with E-state index in [-0.39, 0.29) is 12.2 Å². The molecule has 0 saturated heterocycles. The average Bonchev–Trinajstić information content (AvgIpc) is 2.35. The minimum atomic E-state index is -1.64. The van der Waals surface area contributed by atoms with E-state index in [1.165, 1.54) is 0 Å². The largest absolute Gasteiger partial charge is 0.480 e. The lowest BCUT2D eigenvalue weighted by Gasteiger charge is -2.16. The topological polar surface area (TPSA) is 161 Å². The van der Waals surface area contributed by atoms with E-state index in [0.717, 1.165) is 0 Å². The zero-order chi connectivity index (χ0) is 14.9. The van der Waals surface area contributed by atoms with E-state index < -0.39 is 36.9 Å². The van der Waals surface area contributed by atoms with Gasteiger partial charge in [0.2, 0.25) is 0 Å². The van der Waals surface area contributed by atoms with Gasteiger partial charge < -0.3 is 36.1 Å². The van der Waals surface area contributed by atoms with Gasteiger partial charge in [-0.25, -0.2) is 0 Å². The van der Waals surface area contributed by atoms with Crippen LogP contribution >= 0.6 is 0 Å². The van der Waals surface area contributed by atoms with Crippen LogP contribution in [0.3, 0.4) is 0 Å². The zero-order valence-corrected chi connectivity index (χ0v) is 10.3. The number of rotatable bonds is 6. The van der Waals surface area contributed by atoms with Crippen LogP contribution in [0.5, 0.6) is 0 Å². The Balaban J connectivity index is 0. The number of carboxylic acid groups (broad SMARTS) is 1. The van der Waals surface area contributed by atoms with Crippen LogP contribution in [0.15, 0.2) is 0 Å². The maximum atomic E-state index is 10.0. The third-order valence-electron chi connectivity index (χ3n) is 2.07. The van der Waals surface area contributed by atoms with E-state index in [1.54, 1.807) is 13.8 Å². The van der Waals surface area contributed by atoms with E-state index >= 15 is 0 Å². The number of aliphatic carboxylic acids is 1. The van der Waals surface area contributed by atoms with Crippen LogP contribution in [-0.4, -0.2) is 68.7 Å². The highest BCUT2D eigenvalue weighted by Crippen LogP contribution is 1.96. The molecule has 0 radical (unpaired) electrons. The fraction of sp³-hybridized carbons (Fsp3) is 0.800. The van der Waals surface area contributed by atoms with Gasteiger partial charge in [0.1, 0.15) is 24.4 Å². The first-order chi connectivity index (χ1) is 8.18. The zero-order valence-electron chi connectivity index (χ0n) is 10.3. The summed E-state index contributed by atoms with van der Waals surface area (Å²) < 4.78 is 0. The summed E-state index contributed by atoms with van der Waals surface area (Å²) >= 11 is 0. The summed E-state index contributed by atoms with van der Waals surface area (Å²) in [6.07, 6.45) is -4.63. The van der Waals surface area contributed by atoms with Crippen LogP contribution < -0.4 is 5.73 Å². The van der Waals surface area contributed by atoms with Crippen molar-refractivity contribution in [1.29, 1.82) is 0 Å². The second kappa shape index (κ2) is 9.92. The Morgan fingerprint density at radius 2 is 1.72 bits per heavy atom. The Morgan fingerprint density at radius 3 is 1.89 bits per heavy atom. The number of aliphatic hydroxyl groups is 4. The number of hydrogen-bond acceptors (Lipinski definition) is 7. The Morgan fingerprint density at radius 1 is 1.28 bits per heavy atom. The molecule has 7 N–H and O–H groups in total. The van der Waals surface area contributed by atoms with Gasteiger partial charge in [0.15, 0.2) is 6.29 Å². The highest BCUT2D eigenvalue weighted by atomic mass is 16.4. The second-order valence-corrected chi connectivity index (χ2v) is 3.98. The molecule has 0 spiro atoms. The maximum absolute atomic E-state index is 10.0. The van der Waals surface area contributed by atoms with Crippen molar-refractivity contribution in [2.24, 2.45) is 11.7 Å². The Bertz CT molecular complexity index is 246.